The Kier molecular flexibility index (Phi) is 4.03. The van der Waals surface area contributed by atoms with Crippen LogP contribution in [0.25, 0.3) is 0 Å². The van der Waals surface area contributed by atoms with Crippen LogP contribution in [0.4, 0.5) is 0 Å². The number of rotatable bonds is 4. The van der Waals surface area contributed by atoms with Crippen LogP contribution in [-0.2, 0) is 19.5 Å². The van der Waals surface area contributed by atoms with Crippen molar-refractivity contribution in [2.45, 2.75) is 39.4 Å². The van der Waals surface area contributed by atoms with Crippen LogP contribution in [0.15, 0.2) is 24.4 Å². The number of aryl methyl sites for hydroxylation is 1. The molecule has 1 amide bonds. The van der Waals surface area contributed by atoms with Crippen molar-refractivity contribution in [1.82, 2.24) is 15.6 Å². The third-order valence-electron chi connectivity index (χ3n) is 3.74. The fraction of sp³-hybridized carbons (Fsp3) is 0.375. The molecule has 1 unspecified atom stereocenters. The SMILES string of the molecule is CCc1cnc(C(C)NC(=O)c2ccc3c(c2)CNC3)s1. The van der Waals surface area contributed by atoms with Gasteiger partial charge in [-0.05, 0) is 36.6 Å². The molecule has 2 heterocycles. The zero-order valence-corrected chi connectivity index (χ0v) is 13.1. The van der Waals surface area contributed by atoms with Crippen LogP contribution in [0.3, 0.4) is 0 Å². The highest BCUT2D eigenvalue weighted by Crippen LogP contribution is 2.21. The fourth-order valence-electron chi connectivity index (χ4n) is 2.46. The predicted molar refractivity (Wildman–Crippen MR) is 84.4 cm³/mol. The van der Waals surface area contributed by atoms with Gasteiger partial charge in [-0.3, -0.25) is 4.79 Å². The first-order valence-corrected chi connectivity index (χ1v) is 8.07. The number of nitrogens with zero attached hydrogens (tertiary/aromatic N) is 1. The lowest BCUT2D eigenvalue weighted by atomic mass is 10.1. The van der Waals surface area contributed by atoms with Gasteiger partial charge in [-0.25, -0.2) is 4.98 Å². The molecule has 2 aromatic rings. The summed E-state index contributed by atoms with van der Waals surface area (Å²) in [6.45, 7) is 5.83. The molecule has 110 valence electrons. The van der Waals surface area contributed by atoms with Gasteiger partial charge in [-0.1, -0.05) is 13.0 Å². The Morgan fingerprint density at radius 2 is 2.24 bits per heavy atom. The second-order valence-corrected chi connectivity index (χ2v) is 6.45. The second-order valence-electron chi connectivity index (χ2n) is 5.30. The lowest BCUT2D eigenvalue weighted by Gasteiger charge is -2.12. The largest absolute Gasteiger partial charge is 0.343 e. The van der Waals surface area contributed by atoms with Crippen LogP contribution in [0, 0.1) is 0 Å². The number of carbonyl (C=O) groups excluding carboxylic acids is 1. The van der Waals surface area contributed by atoms with Crippen molar-refractivity contribution >= 4 is 17.2 Å². The van der Waals surface area contributed by atoms with E-state index in [1.807, 2.05) is 31.3 Å². The molecule has 1 aliphatic rings. The Hall–Kier alpha value is -1.72. The molecule has 3 rings (SSSR count). The predicted octanol–water partition coefficient (Wildman–Crippen LogP) is 2.80. The van der Waals surface area contributed by atoms with Gasteiger partial charge in [0.25, 0.3) is 5.91 Å². The van der Waals surface area contributed by atoms with Gasteiger partial charge in [-0.15, -0.1) is 11.3 Å². The number of aromatic nitrogens is 1. The summed E-state index contributed by atoms with van der Waals surface area (Å²) in [5.41, 5.74) is 3.22. The Morgan fingerprint density at radius 3 is 3.00 bits per heavy atom. The molecule has 0 aliphatic carbocycles. The molecular formula is C16H19N3OS. The minimum atomic E-state index is -0.0609. The van der Waals surface area contributed by atoms with E-state index in [1.54, 1.807) is 11.3 Å². The number of nitrogens with one attached hydrogen (secondary N) is 2. The minimum absolute atomic E-state index is 0.0366. The third-order valence-corrected chi connectivity index (χ3v) is 5.06. The zero-order valence-electron chi connectivity index (χ0n) is 12.3. The van der Waals surface area contributed by atoms with E-state index in [2.05, 4.69) is 22.5 Å². The summed E-state index contributed by atoms with van der Waals surface area (Å²) in [5.74, 6) is -0.0366. The van der Waals surface area contributed by atoms with Gasteiger partial charge in [0.15, 0.2) is 0 Å². The summed E-state index contributed by atoms with van der Waals surface area (Å²) in [6, 6.07) is 5.85. The van der Waals surface area contributed by atoms with Crippen LogP contribution in [0.2, 0.25) is 0 Å². The maximum atomic E-state index is 12.3. The van der Waals surface area contributed by atoms with Gasteiger partial charge < -0.3 is 10.6 Å². The molecule has 0 saturated heterocycles. The van der Waals surface area contributed by atoms with Gasteiger partial charge in [0, 0.05) is 29.7 Å². The molecule has 2 N–H and O–H groups in total. The molecule has 0 saturated carbocycles. The van der Waals surface area contributed by atoms with Crippen LogP contribution in [0.1, 0.15) is 51.3 Å². The monoisotopic (exact) mass is 301 g/mol. The smallest absolute Gasteiger partial charge is 0.251 e. The molecule has 21 heavy (non-hydrogen) atoms. The van der Waals surface area contributed by atoms with E-state index in [4.69, 9.17) is 0 Å². The number of hydrogen-bond donors (Lipinski definition) is 2. The van der Waals surface area contributed by atoms with Gasteiger partial charge >= 0.3 is 0 Å². The van der Waals surface area contributed by atoms with Crippen molar-refractivity contribution in [3.63, 3.8) is 0 Å². The van der Waals surface area contributed by atoms with E-state index in [0.29, 0.717) is 0 Å². The van der Waals surface area contributed by atoms with Gasteiger partial charge in [0.1, 0.15) is 5.01 Å². The molecule has 1 aliphatic heterocycles. The van der Waals surface area contributed by atoms with Crippen LogP contribution in [-0.4, -0.2) is 10.9 Å². The summed E-state index contributed by atoms with van der Waals surface area (Å²) in [7, 11) is 0. The number of amides is 1. The third kappa shape index (κ3) is 2.99. The fourth-order valence-corrected chi connectivity index (χ4v) is 3.32. The Bertz CT molecular complexity index is 665. The summed E-state index contributed by atoms with van der Waals surface area (Å²) in [5, 5.41) is 7.28. The van der Waals surface area contributed by atoms with Crippen molar-refractivity contribution in [2.75, 3.05) is 0 Å². The quantitative estimate of drug-likeness (QED) is 0.913. The van der Waals surface area contributed by atoms with E-state index in [9.17, 15) is 4.79 Å². The molecule has 4 nitrogen and oxygen atoms in total. The van der Waals surface area contributed by atoms with Gasteiger partial charge in [0.2, 0.25) is 0 Å². The molecule has 5 heteroatoms. The van der Waals surface area contributed by atoms with Crippen molar-refractivity contribution in [3.8, 4) is 0 Å². The lowest BCUT2D eigenvalue weighted by Crippen LogP contribution is -2.26. The molecule has 0 radical (unpaired) electrons. The molecule has 1 atom stereocenters. The first kappa shape index (κ1) is 14.2. The average Bonchev–Trinajstić information content (AvgIpc) is 3.15. The van der Waals surface area contributed by atoms with E-state index in [1.165, 1.54) is 16.0 Å². The van der Waals surface area contributed by atoms with Crippen molar-refractivity contribution in [3.05, 3.63) is 51.0 Å². The average molecular weight is 301 g/mol. The lowest BCUT2D eigenvalue weighted by molar-refractivity contribution is 0.0939. The first-order valence-electron chi connectivity index (χ1n) is 7.25. The molecule has 0 bridgehead atoms. The van der Waals surface area contributed by atoms with Gasteiger partial charge in [0.05, 0.1) is 6.04 Å². The number of fused-ring (bicyclic) bond motifs is 1. The highest BCUT2D eigenvalue weighted by molar-refractivity contribution is 7.11. The number of carbonyl (C=O) groups is 1. The Labute approximate surface area is 128 Å². The van der Waals surface area contributed by atoms with Crippen LogP contribution in [0.5, 0.6) is 0 Å². The van der Waals surface area contributed by atoms with E-state index in [0.717, 1.165) is 30.1 Å². The van der Waals surface area contributed by atoms with E-state index in [-0.39, 0.29) is 11.9 Å². The Balaban J connectivity index is 1.70. The molecule has 0 fully saturated rings. The molecule has 1 aromatic carbocycles. The first-order chi connectivity index (χ1) is 10.2. The van der Waals surface area contributed by atoms with Crippen LogP contribution >= 0.6 is 11.3 Å². The standard InChI is InChI=1S/C16H19N3OS/c1-3-14-9-18-16(21-14)10(2)19-15(20)11-4-5-12-7-17-8-13(12)6-11/h4-6,9-10,17H,3,7-8H2,1-2H3,(H,19,20). The summed E-state index contributed by atoms with van der Waals surface area (Å²) in [4.78, 5) is 18.0. The molecular weight excluding hydrogens is 282 g/mol. The molecule has 0 spiro atoms. The topological polar surface area (TPSA) is 54.0 Å². The second kappa shape index (κ2) is 5.95. The maximum absolute atomic E-state index is 12.3. The van der Waals surface area contributed by atoms with Crippen molar-refractivity contribution in [1.29, 1.82) is 0 Å². The van der Waals surface area contributed by atoms with Crippen molar-refractivity contribution < 1.29 is 4.79 Å². The number of hydrogen-bond acceptors (Lipinski definition) is 4. The highest BCUT2D eigenvalue weighted by Gasteiger charge is 2.17. The van der Waals surface area contributed by atoms with E-state index >= 15 is 0 Å². The van der Waals surface area contributed by atoms with Crippen LogP contribution < -0.4 is 10.6 Å². The summed E-state index contributed by atoms with van der Waals surface area (Å²) < 4.78 is 0. The van der Waals surface area contributed by atoms with Crippen molar-refractivity contribution in [2.24, 2.45) is 0 Å². The highest BCUT2D eigenvalue weighted by atomic mass is 32.1. The maximum Gasteiger partial charge on any atom is 0.251 e. The normalized spacial score (nSPS) is 14.8. The Morgan fingerprint density at radius 1 is 1.43 bits per heavy atom. The van der Waals surface area contributed by atoms with Gasteiger partial charge in [-0.2, -0.15) is 0 Å². The molecule has 1 aromatic heterocycles. The van der Waals surface area contributed by atoms with E-state index < -0.39 is 0 Å². The summed E-state index contributed by atoms with van der Waals surface area (Å²) >= 11 is 1.66. The number of thiazole rings is 1. The minimum Gasteiger partial charge on any atom is -0.343 e. The summed E-state index contributed by atoms with van der Waals surface area (Å²) in [6.07, 6.45) is 2.87. The zero-order chi connectivity index (χ0) is 14.8. The number of benzene rings is 1.